The minimum Gasteiger partial charge on any atom is -0.354 e. The maximum atomic E-state index is 4.54. The molecule has 0 saturated heterocycles. The van der Waals surface area contributed by atoms with Crippen molar-refractivity contribution < 1.29 is 0 Å². The van der Waals surface area contributed by atoms with Crippen molar-refractivity contribution in [1.29, 1.82) is 0 Å². The van der Waals surface area contributed by atoms with Gasteiger partial charge in [0.05, 0.1) is 5.39 Å². The lowest BCUT2D eigenvalue weighted by atomic mass is 10.4. The predicted octanol–water partition coefficient (Wildman–Crippen LogP) is 2.70. The Morgan fingerprint density at radius 1 is 1.39 bits per heavy atom. The van der Waals surface area contributed by atoms with E-state index in [0.29, 0.717) is 5.95 Å². The minimum absolute atomic E-state index is 0.664. The lowest BCUT2D eigenvalue weighted by Crippen LogP contribution is -2.07. The molecular formula is C12H13N5S. The molecule has 92 valence electrons. The maximum Gasteiger partial charge on any atom is 0.226 e. The zero-order valence-corrected chi connectivity index (χ0v) is 10.8. The average Bonchev–Trinajstić information content (AvgIpc) is 3.05. The first kappa shape index (κ1) is 11.2. The molecule has 0 fully saturated rings. The first-order valence-electron chi connectivity index (χ1n) is 5.87. The van der Waals surface area contributed by atoms with Gasteiger partial charge in [0, 0.05) is 18.9 Å². The highest BCUT2D eigenvalue weighted by Crippen LogP contribution is 2.25. The molecule has 1 N–H and O–H groups in total. The number of fused-ring (bicyclic) bond motifs is 1. The maximum absolute atomic E-state index is 4.54. The fraction of sp³-hybridized carbons (Fsp3) is 0.250. The smallest absolute Gasteiger partial charge is 0.226 e. The molecule has 0 amide bonds. The van der Waals surface area contributed by atoms with Crippen LogP contribution in [0, 0.1) is 0 Å². The molecule has 3 aromatic rings. The van der Waals surface area contributed by atoms with E-state index in [1.54, 1.807) is 22.2 Å². The highest BCUT2D eigenvalue weighted by Gasteiger charge is 2.10. The van der Waals surface area contributed by atoms with Crippen molar-refractivity contribution in [3.63, 3.8) is 0 Å². The van der Waals surface area contributed by atoms with E-state index in [4.69, 9.17) is 0 Å². The number of nitrogens with one attached hydrogen (secondary N) is 1. The quantitative estimate of drug-likeness (QED) is 0.782. The second-order valence-electron chi connectivity index (χ2n) is 3.89. The molecule has 5 nitrogen and oxygen atoms in total. The molecule has 0 radical (unpaired) electrons. The van der Waals surface area contributed by atoms with Crippen LogP contribution in [0.3, 0.4) is 0 Å². The lowest BCUT2D eigenvalue weighted by molar-refractivity contribution is 0.848. The van der Waals surface area contributed by atoms with Crippen LogP contribution in [-0.2, 0) is 0 Å². The average molecular weight is 259 g/mol. The summed E-state index contributed by atoms with van der Waals surface area (Å²) in [4.78, 5) is 10.0. The fourth-order valence-electron chi connectivity index (χ4n) is 1.72. The summed E-state index contributed by atoms with van der Waals surface area (Å²) in [5.41, 5.74) is 0. The minimum atomic E-state index is 0.664. The molecule has 0 aliphatic heterocycles. The summed E-state index contributed by atoms with van der Waals surface area (Å²) in [6, 6.07) is 3.92. The third-order valence-electron chi connectivity index (χ3n) is 2.56. The van der Waals surface area contributed by atoms with Gasteiger partial charge in [0.15, 0.2) is 5.82 Å². The molecule has 3 rings (SSSR count). The van der Waals surface area contributed by atoms with E-state index < -0.39 is 0 Å². The molecule has 18 heavy (non-hydrogen) atoms. The number of nitrogens with zero attached hydrogens (tertiary/aromatic N) is 4. The van der Waals surface area contributed by atoms with E-state index in [9.17, 15) is 0 Å². The van der Waals surface area contributed by atoms with Gasteiger partial charge in [0.2, 0.25) is 5.95 Å². The monoisotopic (exact) mass is 259 g/mol. The second kappa shape index (κ2) is 4.73. The van der Waals surface area contributed by atoms with Crippen LogP contribution in [0.4, 0.5) is 5.95 Å². The van der Waals surface area contributed by atoms with E-state index in [-0.39, 0.29) is 0 Å². The van der Waals surface area contributed by atoms with E-state index in [2.05, 4.69) is 27.3 Å². The molecule has 0 unspecified atom stereocenters. The highest BCUT2D eigenvalue weighted by molar-refractivity contribution is 7.16. The van der Waals surface area contributed by atoms with Crippen molar-refractivity contribution in [2.75, 3.05) is 11.9 Å². The van der Waals surface area contributed by atoms with Crippen molar-refractivity contribution in [1.82, 2.24) is 19.7 Å². The van der Waals surface area contributed by atoms with Gasteiger partial charge in [-0.15, -0.1) is 11.3 Å². The predicted molar refractivity (Wildman–Crippen MR) is 73.3 cm³/mol. The van der Waals surface area contributed by atoms with Gasteiger partial charge in [0.25, 0.3) is 0 Å². The molecule has 0 spiro atoms. The Morgan fingerprint density at radius 2 is 2.33 bits per heavy atom. The molecule has 0 atom stereocenters. The summed E-state index contributed by atoms with van der Waals surface area (Å²) < 4.78 is 1.77. The van der Waals surface area contributed by atoms with Gasteiger partial charge < -0.3 is 5.32 Å². The number of hydrogen-bond acceptors (Lipinski definition) is 5. The molecule has 3 aromatic heterocycles. The van der Waals surface area contributed by atoms with Gasteiger partial charge in [-0.1, -0.05) is 6.92 Å². The Hall–Kier alpha value is -1.95. The zero-order valence-electron chi connectivity index (χ0n) is 10.00. The molecule has 0 saturated carbocycles. The van der Waals surface area contributed by atoms with Crippen LogP contribution in [0.2, 0.25) is 0 Å². The summed E-state index contributed by atoms with van der Waals surface area (Å²) in [6.07, 6.45) is 4.69. The number of anilines is 1. The Bertz CT molecular complexity index is 644. The summed E-state index contributed by atoms with van der Waals surface area (Å²) in [6.45, 7) is 2.99. The normalized spacial score (nSPS) is 10.9. The summed E-state index contributed by atoms with van der Waals surface area (Å²) in [7, 11) is 0. The van der Waals surface area contributed by atoms with Crippen molar-refractivity contribution in [2.24, 2.45) is 0 Å². The zero-order chi connectivity index (χ0) is 12.4. The first-order chi connectivity index (χ1) is 8.88. The third kappa shape index (κ3) is 1.95. The largest absolute Gasteiger partial charge is 0.354 e. The lowest BCUT2D eigenvalue weighted by Gasteiger charge is -2.07. The van der Waals surface area contributed by atoms with Gasteiger partial charge >= 0.3 is 0 Å². The third-order valence-corrected chi connectivity index (χ3v) is 3.37. The Kier molecular flexibility index (Phi) is 2.93. The first-order valence-corrected chi connectivity index (χ1v) is 6.75. The van der Waals surface area contributed by atoms with Crippen molar-refractivity contribution in [3.05, 3.63) is 29.9 Å². The number of rotatable bonds is 4. The van der Waals surface area contributed by atoms with Gasteiger partial charge in [0.1, 0.15) is 4.83 Å². The topological polar surface area (TPSA) is 55.6 Å². The summed E-state index contributed by atoms with van der Waals surface area (Å²) in [5, 5.41) is 10.5. The number of thiophene rings is 1. The van der Waals surface area contributed by atoms with E-state index in [1.807, 2.05) is 23.7 Å². The second-order valence-corrected chi connectivity index (χ2v) is 4.78. The van der Waals surface area contributed by atoms with Crippen LogP contribution in [0.25, 0.3) is 16.0 Å². The fourth-order valence-corrected chi connectivity index (χ4v) is 2.48. The van der Waals surface area contributed by atoms with Gasteiger partial charge in [-0.05, 0) is 23.9 Å². The number of hydrogen-bond donors (Lipinski definition) is 1. The van der Waals surface area contributed by atoms with Crippen LogP contribution in [0.1, 0.15) is 13.3 Å². The van der Waals surface area contributed by atoms with E-state index in [1.165, 1.54) is 0 Å². The van der Waals surface area contributed by atoms with Crippen LogP contribution in [0.5, 0.6) is 0 Å². The van der Waals surface area contributed by atoms with Gasteiger partial charge in [-0.25, -0.2) is 9.67 Å². The molecule has 0 aromatic carbocycles. The molecular weight excluding hydrogens is 246 g/mol. The molecule has 0 aliphatic carbocycles. The van der Waals surface area contributed by atoms with Crippen LogP contribution in [-0.4, -0.2) is 26.3 Å². The Balaban J connectivity index is 2.12. The van der Waals surface area contributed by atoms with Crippen molar-refractivity contribution >= 4 is 27.5 Å². The van der Waals surface area contributed by atoms with Crippen LogP contribution < -0.4 is 5.32 Å². The Morgan fingerprint density at radius 3 is 3.11 bits per heavy atom. The van der Waals surface area contributed by atoms with E-state index >= 15 is 0 Å². The molecule has 3 heterocycles. The van der Waals surface area contributed by atoms with Crippen molar-refractivity contribution in [2.45, 2.75) is 13.3 Å². The Labute approximate surface area is 109 Å². The number of aromatic nitrogens is 4. The molecule has 0 bridgehead atoms. The molecule has 0 aliphatic rings. The van der Waals surface area contributed by atoms with Gasteiger partial charge in [-0.2, -0.15) is 10.1 Å². The highest BCUT2D eigenvalue weighted by atomic mass is 32.1. The van der Waals surface area contributed by atoms with Crippen molar-refractivity contribution in [3.8, 4) is 5.82 Å². The standard InChI is InChI=1S/C12H13N5S/c1-2-5-13-12-15-10(17-7-3-6-14-17)9-4-8-18-11(9)16-12/h3-4,6-8H,2,5H2,1H3,(H,13,15,16). The summed E-state index contributed by atoms with van der Waals surface area (Å²) in [5.74, 6) is 1.49. The van der Waals surface area contributed by atoms with Crippen LogP contribution in [0.15, 0.2) is 29.9 Å². The van der Waals surface area contributed by atoms with Gasteiger partial charge in [-0.3, -0.25) is 0 Å². The summed E-state index contributed by atoms with van der Waals surface area (Å²) >= 11 is 1.61. The molecule has 6 heteroatoms. The van der Waals surface area contributed by atoms with E-state index in [0.717, 1.165) is 29.0 Å². The van der Waals surface area contributed by atoms with Crippen LogP contribution >= 0.6 is 11.3 Å². The SMILES string of the molecule is CCCNc1nc(-n2cccn2)c2ccsc2n1.